The van der Waals surface area contributed by atoms with Gasteiger partial charge in [-0.15, -0.1) is 0 Å². The van der Waals surface area contributed by atoms with Gasteiger partial charge >= 0.3 is 0 Å². The highest BCUT2D eigenvalue weighted by atomic mass is 32.2. The Kier molecular flexibility index (Phi) is 5.76. The molecule has 0 amide bonds. The molecule has 1 saturated carbocycles. The van der Waals surface area contributed by atoms with Crippen LogP contribution in [-0.2, 0) is 16.6 Å². The van der Waals surface area contributed by atoms with Crippen molar-refractivity contribution in [1.29, 1.82) is 0 Å². The molecule has 21 heavy (non-hydrogen) atoms. The Bertz CT molecular complexity index is 565. The Morgan fingerprint density at radius 2 is 2.19 bits per heavy atom. The molecule has 1 heterocycles. The van der Waals surface area contributed by atoms with Crippen molar-refractivity contribution in [1.82, 2.24) is 10.0 Å². The predicted octanol–water partition coefficient (Wildman–Crippen LogP) is 2.26. The van der Waals surface area contributed by atoms with Gasteiger partial charge in [0.15, 0.2) is 0 Å². The smallest absolute Gasteiger partial charge is 0.244 e. The lowest BCUT2D eigenvalue weighted by Gasteiger charge is -2.15. The minimum atomic E-state index is -3.51. The van der Waals surface area contributed by atoms with Crippen molar-refractivity contribution in [3.8, 4) is 0 Å². The predicted molar refractivity (Wildman–Crippen MR) is 86.1 cm³/mol. The van der Waals surface area contributed by atoms with Gasteiger partial charge in [-0.3, -0.25) is 0 Å². The molecule has 1 fully saturated rings. The van der Waals surface area contributed by atoms with Gasteiger partial charge in [-0.1, -0.05) is 6.92 Å². The molecule has 1 aliphatic rings. The second kappa shape index (κ2) is 7.17. The molecule has 0 saturated heterocycles. The lowest BCUT2D eigenvalue weighted by molar-refractivity contribution is 0.456. The van der Waals surface area contributed by atoms with Crippen molar-refractivity contribution in [2.45, 2.75) is 56.6 Å². The van der Waals surface area contributed by atoms with Gasteiger partial charge in [0, 0.05) is 23.9 Å². The van der Waals surface area contributed by atoms with Crippen molar-refractivity contribution in [2.75, 3.05) is 12.0 Å². The number of rotatable bonds is 9. The Balaban J connectivity index is 2.07. The fraction of sp³-hybridized carbons (Fsp3) is 0.714. The van der Waals surface area contributed by atoms with E-state index in [1.807, 2.05) is 13.2 Å². The molecule has 0 spiro atoms. The highest BCUT2D eigenvalue weighted by Crippen LogP contribution is 2.23. The number of hydrogen-bond donors (Lipinski definition) is 2. The van der Waals surface area contributed by atoms with Gasteiger partial charge in [0.05, 0.1) is 6.54 Å². The molecule has 1 aromatic rings. The summed E-state index contributed by atoms with van der Waals surface area (Å²) in [5, 5.41) is 3.32. The van der Waals surface area contributed by atoms with E-state index in [2.05, 4.69) is 10.0 Å². The van der Waals surface area contributed by atoms with E-state index in [-0.39, 0.29) is 10.9 Å². The monoisotopic (exact) mass is 332 g/mol. The molecule has 0 radical (unpaired) electrons. The average Bonchev–Trinajstić information content (AvgIpc) is 3.18. The molecule has 0 aliphatic heterocycles. The fourth-order valence-corrected chi connectivity index (χ4v) is 4.48. The van der Waals surface area contributed by atoms with Crippen LogP contribution in [0.2, 0.25) is 0 Å². The number of nitrogens with one attached hydrogen (secondary N) is 2. The number of aryl methyl sites for hydroxylation is 1. The molecule has 0 bridgehead atoms. The summed E-state index contributed by atoms with van der Waals surface area (Å²) in [5.74, 6) is 1.90. The molecular formula is C14H24N2O3S2. The first kappa shape index (κ1) is 16.9. The molecular weight excluding hydrogens is 308 g/mol. The summed E-state index contributed by atoms with van der Waals surface area (Å²) >= 11 is 1.64. The van der Waals surface area contributed by atoms with Crippen LogP contribution < -0.4 is 10.0 Å². The Hall–Kier alpha value is -0.500. The third kappa shape index (κ3) is 4.74. The van der Waals surface area contributed by atoms with E-state index in [1.54, 1.807) is 24.8 Å². The number of hydrogen-bond acceptors (Lipinski definition) is 5. The minimum absolute atomic E-state index is 0.0488. The second-order valence-corrected chi connectivity index (χ2v) is 8.06. The first-order valence-corrected chi connectivity index (χ1v) is 10.2. The summed E-state index contributed by atoms with van der Waals surface area (Å²) in [6.45, 7) is 4.27. The summed E-state index contributed by atoms with van der Waals surface area (Å²) in [6, 6.07) is 2.16. The number of furan rings is 1. The van der Waals surface area contributed by atoms with Crippen LogP contribution >= 0.6 is 11.8 Å². The Morgan fingerprint density at radius 3 is 2.76 bits per heavy atom. The SMILES string of the molecule is CCC(CSC)NS(=O)(=O)c1cc(CNC2CC2)oc1C. The van der Waals surface area contributed by atoms with E-state index in [0.717, 1.165) is 12.2 Å². The van der Waals surface area contributed by atoms with Gasteiger partial charge in [-0.2, -0.15) is 11.8 Å². The number of thioether (sulfide) groups is 1. The third-order valence-electron chi connectivity index (χ3n) is 3.54. The maximum Gasteiger partial charge on any atom is 0.244 e. The zero-order chi connectivity index (χ0) is 15.5. The van der Waals surface area contributed by atoms with Crippen molar-refractivity contribution >= 4 is 21.8 Å². The molecule has 2 N–H and O–H groups in total. The molecule has 1 aliphatic carbocycles. The lowest BCUT2D eigenvalue weighted by Crippen LogP contribution is -2.36. The standard InChI is InChI=1S/C14H24N2O3S2/c1-4-11(9-20-3)16-21(17,18)14-7-13(19-10(14)2)8-15-12-5-6-12/h7,11-12,15-16H,4-6,8-9H2,1-3H3. The summed E-state index contributed by atoms with van der Waals surface area (Å²) in [6.07, 6.45) is 5.13. The minimum Gasteiger partial charge on any atom is -0.464 e. The molecule has 120 valence electrons. The maximum absolute atomic E-state index is 12.5. The largest absolute Gasteiger partial charge is 0.464 e. The highest BCUT2D eigenvalue weighted by Gasteiger charge is 2.25. The highest BCUT2D eigenvalue weighted by molar-refractivity contribution is 7.98. The normalized spacial score (nSPS) is 17.1. The van der Waals surface area contributed by atoms with Crippen LogP contribution in [0.25, 0.3) is 0 Å². The van der Waals surface area contributed by atoms with Gasteiger partial charge in [0.1, 0.15) is 16.4 Å². The van der Waals surface area contributed by atoms with E-state index >= 15 is 0 Å². The molecule has 5 nitrogen and oxygen atoms in total. The van der Waals surface area contributed by atoms with Crippen molar-refractivity contribution in [3.05, 3.63) is 17.6 Å². The van der Waals surface area contributed by atoms with Crippen LogP contribution in [0.3, 0.4) is 0 Å². The van der Waals surface area contributed by atoms with Gasteiger partial charge in [0.2, 0.25) is 10.0 Å². The zero-order valence-electron chi connectivity index (χ0n) is 12.8. The van der Waals surface area contributed by atoms with Crippen LogP contribution in [0.1, 0.15) is 37.7 Å². The Labute approximate surface area is 131 Å². The zero-order valence-corrected chi connectivity index (χ0v) is 14.4. The van der Waals surface area contributed by atoms with E-state index in [0.29, 0.717) is 24.1 Å². The van der Waals surface area contributed by atoms with E-state index in [1.165, 1.54) is 12.8 Å². The third-order valence-corrected chi connectivity index (χ3v) is 5.90. The quantitative estimate of drug-likeness (QED) is 0.726. The summed E-state index contributed by atoms with van der Waals surface area (Å²) < 4.78 is 33.3. The van der Waals surface area contributed by atoms with Crippen LogP contribution in [0, 0.1) is 6.92 Å². The van der Waals surface area contributed by atoms with Gasteiger partial charge in [0.25, 0.3) is 0 Å². The summed E-state index contributed by atoms with van der Waals surface area (Å²) in [7, 11) is -3.51. The maximum atomic E-state index is 12.5. The molecule has 7 heteroatoms. The van der Waals surface area contributed by atoms with E-state index in [4.69, 9.17) is 4.42 Å². The molecule has 1 aromatic heterocycles. The Morgan fingerprint density at radius 1 is 1.48 bits per heavy atom. The van der Waals surface area contributed by atoms with Crippen LogP contribution in [0.5, 0.6) is 0 Å². The summed E-state index contributed by atoms with van der Waals surface area (Å²) in [4.78, 5) is 0.259. The topological polar surface area (TPSA) is 71.3 Å². The molecule has 1 atom stereocenters. The van der Waals surface area contributed by atoms with Crippen LogP contribution in [0.4, 0.5) is 0 Å². The van der Waals surface area contributed by atoms with Gasteiger partial charge in [-0.05, 0) is 32.4 Å². The van der Waals surface area contributed by atoms with Crippen molar-refractivity contribution in [3.63, 3.8) is 0 Å². The van der Waals surface area contributed by atoms with E-state index in [9.17, 15) is 8.42 Å². The first-order valence-electron chi connectivity index (χ1n) is 7.30. The molecule has 2 rings (SSSR count). The van der Waals surface area contributed by atoms with Gasteiger partial charge < -0.3 is 9.73 Å². The fourth-order valence-electron chi connectivity index (χ4n) is 2.13. The molecule has 1 unspecified atom stereocenters. The van der Waals surface area contributed by atoms with Gasteiger partial charge in [-0.25, -0.2) is 13.1 Å². The number of sulfonamides is 1. The summed E-state index contributed by atoms with van der Waals surface area (Å²) in [5.41, 5.74) is 0. The first-order chi connectivity index (χ1) is 9.96. The van der Waals surface area contributed by atoms with Crippen molar-refractivity contribution < 1.29 is 12.8 Å². The van der Waals surface area contributed by atoms with E-state index < -0.39 is 10.0 Å². The molecule has 0 aromatic carbocycles. The van der Waals surface area contributed by atoms with Crippen molar-refractivity contribution in [2.24, 2.45) is 0 Å². The second-order valence-electron chi connectivity index (χ2n) is 5.47. The average molecular weight is 332 g/mol. The van der Waals surface area contributed by atoms with Crippen LogP contribution in [-0.4, -0.2) is 32.5 Å². The lowest BCUT2D eigenvalue weighted by atomic mass is 10.3. The van der Waals surface area contributed by atoms with Crippen LogP contribution in [0.15, 0.2) is 15.4 Å².